The van der Waals surface area contributed by atoms with Gasteiger partial charge >= 0.3 is 0 Å². The number of rotatable bonds is 6. The Balaban J connectivity index is 1.06. The van der Waals surface area contributed by atoms with Gasteiger partial charge in [-0.25, -0.2) is 9.98 Å². The molecule has 10 rings (SSSR count). The van der Waals surface area contributed by atoms with Gasteiger partial charge in [0.05, 0.1) is 11.0 Å². The van der Waals surface area contributed by atoms with Crippen LogP contribution in [0.25, 0.3) is 69.9 Å². The lowest BCUT2D eigenvalue weighted by molar-refractivity contribution is 1.18. The van der Waals surface area contributed by atoms with Gasteiger partial charge in [0.25, 0.3) is 0 Å². The number of nitrogens with one attached hydrogen (secondary N) is 1. The van der Waals surface area contributed by atoms with Crippen LogP contribution < -0.4 is 0 Å². The van der Waals surface area contributed by atoms with Gasteiger partial charge in [0, 0.05) is 54.0 Å². The largest absolute Gasteiger partial charge is 0.309 e. The van der Waals surface area contributed by atoms with Crippen molar-refractivity contribution >= 4 is 71.2 Å². The molecular formula is C51H34N4S. The molecule has 0 bridgehead atoms. The van der Waals surface area contributed by atoms with Crippen LogP contribution in [0.1, 0.15) is 16.7 Å². The number of thiophene rings is 1. The van der Waals surface area contributed by atoms with Crippen molar-refractivity contribution in [3.63, 3.8) is 0 Å². The van der Waals surface area contributed by atoms with Crippen LogP contribution in [0.5, 0.6) is 0 Å². The van der Waals surface area contributed by atoms with E-state index in [-0.39, 0.29) is 5.84 Å². The van der Waals surface area contributed by atoms with E-state index in [4.69, 9.17) is 15.4 Å². The fraction of sp³-hybridized carbons (Fsp3) is 0. The number of nitrogens with zero attached hydrogens (tertiary/aromatic N) is 3. The Morgan fingerprint density at radius 3 is 1.89 bits per heavy atom. The van der Waals surface area contributed by atoms with Crippen molar-refractivity contribution in [1.82, 2.24) is 4.57 Å². The van der Waals surface area contributed by atoms with Crippen molar-refractivity contribution in [2.45, 2.75) is 0 Å². The van der Waals surface area contributed by atoms with Gasteiger partial charge in [-0.15, -0.1) is 11.3 Å². The zero-order valence-electron chi connectivity index (χ0n) is 30.3. The summed E-state index contributed by atoms with van der Waals surface area (Å²) in [6, 6.07) is 67.5. The zero-order chi connectivity index (χ0) is 37.4. The first kappa shape index (κ1) is 33.4. The van der Waals surface area contributed by atoms with Crippen LogP contribution in [0, 0.1) is 5.41 Å². The fourth-order valence-corrected chi connectivity index (χ4v) is 8.67. The molecular weight excluding hydrogens is 701 g/mol. The summed E-state index contributed by atoms with van der Waals surface area (Å²) >= 11 is 1.85. The first-order valence-electron chi connectivity index (χ1n) is 18.6. The van der Waals surface area contributed by atoms with Crippen molar-refractivity contribution in [1.29, 1.82) is 5.41 Å². The Morgan fingerprint density at radius 1 is 0.464 bits per heavy atom. The highest BCUT2D eigenvalue weighted by Gasteiger charge is 2.16. The van der Waals surface area contributed by atoms with Crippen LogP contribution in [0.4, 0.5) is 0 Å². The first-order valence-corrected chi connectivity index (χ1v) is 19.5. The molecule has 8 aromatic carbocycles. The summed E-state index contributed by atoms with van der Waals surface area (Å²) in [5.74, 6) is 0.618. The maximum atomic E-state index is 8.92. The number of aromatic nitrogens is 1. The molecule has 0 amide bonds. The predicted octanol–water partition coefficient (Wildman–Crippen LogP) is 13.4. The van der Waals surface area contributed by atoms with Crippen molar-refractivity contribution in [3.8, 4) is 27.9 Å². The van der Waals surface area contributed by atoms with Gasteiger partial charge in [-0.2, -0.15) is 0 Å². The van der Waals surface area contributed by atoms with Crippen molar-refractivity contribution in [2.24, 2.45) is 9.98 Å². The van der Waals surface area contributed by atoms with E-state index in [2.05, 4.69) is 138 Å². The van der Waals surface area contributed by atoms with E-state index in [0.717, 1.165) is 39.0 Å². The Labute approximate surface area is 328 Å². The quantitative estimate of drug-likeness (QED) is 0.131. The van der Waals surface area contributed by atoms with E-state index in [0.29, 0.717) is 5.84 Å². The molecule has 0 aliphatic rings. The van der Waals surface area contributed by atoms with Crippen molar-refractivity contribution in [2.75, 3.05) is 0 Å². The molecule has 0 saturated heterocycles. The summed E-state index contributed by atoms with van der Waals surface area (Å²) in [4.78, 5) is 9.76. The number of benzene rings is 8. The molecule has 0 spiro atoms. The maximum Gasteiger partial charge on any atom is 0.161 e. The van der Waals surface area contributed by atoms with E-state index in [1.807, 2.05) is 78.2 Å². The molecule has 0 fully saturated rings. The number of amidine groups is 2. The van der Waals surface area contributed by atoms with Crippen LogP contribution in [-0.2, 0) is 0 Å². The summed E-state index contributed by atoms with van der Waals surface area (Å²) in [6.45, 7) is 0. The number of para-hydroxylation sites is 1. The van der Waals surface area contributed by atoms with Crippen LogP contribution in [0.2, 0.25) is 0 Å². The molecule has 1 N–H and O–H groups in total. The molecule has 0 saturated carbocycles. The lowest BCUT2D eigenvalue weighted by Crippen LogP contribution is -2.06. The minimum atomic E-state index is 0.153. The minimum Gasteiger partial charge on any atom is -0.309 e. The van der Waals surface area contributed by atoms with Gasteiger partial charge in [-0.3, -0.25) is 5.41 Å². The predicted molar refractivity (Wildman–Crippen MR) is 238 cm³/mol. The molecule has 0 unspecified atom stereocenters. The topological polar surface area (TPSA) is 53.5 Å². The molecule has 264 valence electrons. The van der Waals surface area contributed by atoms with Gasteiger partial charge < -0.3 is 4.57 Å². The van der Waals surface area contributed by atoms with E-state index >= 15 is 0 Å². The molecule has 5 heteroatoms. The third kappa shape index (κ3) is 6.20. The van der Waals surface area contributed by atoms with Gasteiger partial charge in [0.2, 0.25) is 0 Å². The van der Waals surface area contributed by atoms with Crippen LogP contribution in [0.3, 0.4) is 0 Å². The second-order valence-electron chi connectivity index (χ2n) is 13.8. The van der Waals surface area contributed by atoms with Gasteiger partial charge in [-0.05, 0) is 76.3 Å². The van der Waals surface area contributed by atoms with E-state index < -0.39 is 0 Å². The van der Waals surface area contributed by atoms with E-state index in [1.165, 1.54) is 47.6 Å². The average Bonchev–Trinajstić information content (AvgIpc) is 3.81. The molecule has 0 atom stereocenters. The molecule has 10 aromatic rings. The maximum absolute atomic E-state index is 8.92. The monoisotopic (exact) mass is 734 g/mol. The Kier molecular flexibility index (Phi) is 8.47. The molecule has 2 heterocycles. The molecule has 4 nitrogen and oxygen atoms in total. The third-order valence-corrected chi connectivity index (χ3v) is 11.5. The average molecular weight is 735 g/mol. The summed E-state index contributed by atoms with van der Waals surface area (Å²) in [6.07, 6.45) is 1.83. The Morgan fingerprint density at radius 2 is 1.07 bits per heavy atom. The van der Waals surface area contributed by atoms with E-state index in [1.54, 1.807) is 0 Å². The normalized spacial score (nSPS) is 12.0. The second kappa shape index (κ2) is 14.2. The van der Waals surface area contributed by atoms with Crippen molar-refractivity contribution in [3.05, 3.63) is 211 Å². The summed E-state index contributed by atoms with van der Waals surface area (Å²) < 4.78 is 4.94. The minimum absolute atomic E-state index is 0.153. The number of hydrogen-bond donors (Lipinski definition) is 1. The summed E-state index contributed by atoms with van der Waals surface area (Å²) in [5.41, 5.74) is 10.4. The van der Waals surface area contributed by atoms with Crippen LogP contribution in [0.15, 0.2) is 204 Å². The standard InChI is InChI=1S/C51H34N4S/c52-50(37-14-5-2-6-15-37)54-51(53-33-34-22-24-36(25-23-34)35-12-3-1-4-13-35)40-16-11-17-41(30-40)55-46-20-9-7-18-42(46)44-31-38(26-28-47(44)55)39-27-29-49-45(32-39)43-19-8-10-21-48(43)56-49/h1-33,52H. The zero-order valence-corrected chi connectivity index (χ0v) is 31.1. The second-order valence-corrected chi connectivity index (χ2v) is 14.9. The lowest BCUT2D eigenvalue weighted by atomic mass is 10.0. The number of hydrogen-bond acceptors (Lipinski definition) is 2. The smallest absolute Gasteiger partial charge is 0.161 e. The highest BCUT2D eigenvalue weighted by molar-refractivity contribution is 7.25. The van der Waals surface area contributed by atoms with Crippen molar-refractivity contribution < 1.29 is 0 Å². The highest BCUT2D eigenvalue weighted by atomic mass is 32.1. The lowest BCUT2D eigenvalue weighted by Gasteiger charge is -2.11. The Hall–Kier alpha value is -7.21. The van der Waals surface area contributed by atoms with Gasteiger partial charge in [0.1, 0.15) is 0 Å². The molecule has 56 heavy (non-hydrogen) atoms. The molecule has 2 aromatic heterocycles. The summed E-state index contributed by atoms with van der Waals surface area (Å²) in [7, 11) is 0. The fourth-order valence-electron chi connectivity index (χ4n) is 7.58. The molecule has 0 radical (unpaired) electrons. The van der Waals surface area contributed by atoms with Gasteiger partial charge in [-0.1, -0.05) is 146 Å². The summed E-state index contributed by atoms with van der Waals surface area (Å²) in [5, 5.41) is 13.9. The molecule has 0 aliphatic heterocycles. The van der Waals surface area contributed by atoms with Crippen LogP contribution in [-0.4, -0.2) is 22.5 Å². The van der Waals surface area contributed by atoms with Gasteiger partial charge in [0.15, 0.2) is 11.7 Å². The number of aliphatic imine (C=N–C) groups is 2. The number of fused-ring (bicyclic) bond motifs is 6. The van der Waals surface area contributed by atoms with E-state index in [9.17, 15) is 0 Å². The Bertz CT molecular complexity index is 3130. The third-order valence-electron chi connectivity index (χ3n) is 10.4. The first-order chi connectivity index (χ1) is 27.7. The highest BCUT2D eigenvalue weighted by Crippen LogP contribution is 2.39. The SMILES string of the molecule is N=C(N=C(N=Cc1ccc(-c2ccccc2)cc1)c1cccc(-n2c3ccccc3c3cc(-c4ccc5sc6ccccc6c5c4)ccc32)c1)c1ccccc1. The molecule has 0 aliphatic carbocycles. The van der Waals surface area contributed by atoms with Crippen LogP contribution >= 0.6 is 11.3 Å².